The van der Waals surface area contributed by atoms with E-state index in [2.05, 4.69) is 37.2 Å². The summed E-state index contributed by atoms with van der Waals surface area (Å²) in [5.74, 6) is -16.3. The number of amides is 6. The summed E-state index contributed by atoms with van der Waals surface area (Å²) in [5.41, 5.74) is 7.66. The number of carbonyl (C=O) groups excluding carboxylic acids is 6. The zero-order valence-corrected chi connectivity index (χ0v) is 61.0. The van der Waals surface area contributed by atoms with Gasteiger partial charge in [0.2, 0.25) is 47.5 Å². The van der Waals surface area contributed by atoms with Crippen molar-refractivity contribution in [3.8, 4) is 57.1 Å². The van der Waals surface area contributed by atoms with Gasteiger partial charge in [0.1, 0.15) is 89.5 Å². The molecule has 0 unspecified atom stereocenters. The van der Waals surface area contributed by atoms with Crippen molar-refractivity contribution in [3.63, 3.8) is 0 Å². The number of phenolic OH excluding ortho intramolecular Hbond substituents is 3. The highest BCUT2D eigenvalue weighted by Crippen LogP contribution is 2.50. The Kier molecular flexibility index (Phi) is 24.2. The van der Waals surface area contributed by atoms with E-state index in [4.69, 9.17) is 61.0 Å². The summed E-state index contributed by atoms with van der Waals surface area (Å²) < 4.78 is 51.6. The van der Waals surface area contributed by atoms with Gasteiger partial charge in [0.05, 0.1) is 48.5 Å². The van der Waals surface area contributed by atoms with Crippen LogP contribution >= 0.6 is 11.6 Å². The molecule has 8 aliphatic rings. The van der Waals surface area contributed by atoms with Crippen LogP contribution in [0.5, 0.6) is 46.0 Å². The van der Waals surface area contributed by atoms with Gasteiger partial charge in [-0.15, -0.1) is 0 Å². The van der Waals surface area contributed by atoms with Crippen LogP contribution in [-0.4, -0.2) is 220 Å². The van der Waals surface area contributed by atoms with Crippen LogP contribution < -0.4 is 62.9 Å². The lowest BCUT2D eigenvalue weighted by Gasteiger charge is -2.47. The number of aliphatic hydroxyl groups is 6. The highest BCUT2D eigenvalue weighted by atomic mass is 35.5. The number of carboxylic acid groups (broad SMARTS) is 2. The molecule has 3 fully saturated rings. The summed E-state index contributed by atoms with van der Waals surface area (Å²) in [7, 11) is 1.46. The van der Waals surface area contributed by atoms with Crippen molar-refractivity contribution >= 4 is 59.0 Å². The molecule has 6 amide bonds. The van der Waals surface area contributed by atoms with Crippen LogP contribution in [0.15, 0.2) is 84.9 Å². The molecule has 0 aromatic heterocycles. The fourth-order valence-corrected chi connectivity index (χ4v) is 14.4. The largest absolute Gasteiger partial charge is 0.508 e. The van der Waals surface area contributed by atoms with Gasteiger partial charge in [0, 0.05) is 46.7 Å². The molecule has 5 aromatic rings. The normalized spacial score (nSPS) is 32.2. The van der Waals surface area contributed by atoms with Gasteiger partial charge < -0.3 is 143 Å². The number of hydrogen-bond acceptors (Lipinski definition) is 28. The number of carbonyl (C=O) groups is 8. The first-order chi connectivity index (χ1) is 51.8. The number of ether oxygens (including phenoxy) is 8. The molecule has 594 valence electrons. The molecule has 13 rings (SSSR count). The predicted octanol–water partition coefficient (Wildman–Crippen LogP) is 0.290. The number of hydrogen-bond donors (Lipinski definition) is 20. The Morgan fingerprint density at radius 2 is 1.26 bits per heavy atom. The van der Waals surface area contributed by atoms with Gasteiger partial charge in [0.15, 0.2) is 36.2 Å². The molecule has 37 heteroatoms. The molecule has 0 aliphatic carbocycles. The molecule has 36 nitrogen and oxygen atoms in total. The molecule has 8 aliphatic heterocycles. The number of phenols is 3. The van der Waals surface area contributed by atoms with Gasteiger partial charge in [-0.3, -0.25) is 33.6 Å². The Balaban J connectivity index is 1.18. The summed E-state index contributed by atoms with van der Waals surface area (Å²) >= 11 is 7.12. The highest BCUT2D eigenvalue weighted by Gasteiger charge is 2.52. The summed E-state index contributed by atoms with van der Waals surface area (Å²) in [4.78, 5) is 119. The molecule has 0 radical (unpaired) electrons. The number of aromatic hydroxyl groups is 3. The number of aliphatic hydroxyl groups excluding tert-OH is 6. The van der Waals surface area contributed by atoms with Gasteiger partial charge in [0.25, 0.3) is 0 Å². The van der Waals surface area contributed by atoms with E-state index >= 15 is 19.2 Å². The fourth-order valence-electron chi connectivity index (χ4n) is 14.2. The van der Waals surface area contributed by atoms with E-state index in [9.17, 15) is 75.3 Å². The molecule has 5 aromatic carbocycles. The fraction of sp³-hybridized carbons (Fsp3) is 0.479. The molecule has 8 heterocycles. The summed E-state index contributed by atoms with van der Waals surface area (Å²) in [6.07, 6.45) is -22.7. The lowest BCUT2D eigenvalue weighted by atomic mass is 9.86. The quantitative estimate of drug-likeness (QED) is 0.0670. The minimum absolute atomic E-state index is 0.0509. The van der Waals surface area contributed by atoms with Crippen molar-refractivity contribution in [2.75, 3.05) is 13.7 Å². The van der Waals surface area contributed by atoms with Gasteiger partial charge in [-0.05, 0) is 124 Å². The number of nitrogens with one attached hydrogen (secondary N) is 7. The standard InChI is InChI=1S/C73H88ClN9O27/c1-27(2)16-39(77-7)64(95)82-54-56(90)32-11-15-43(38(74)18-32)106-45-20-33-19-44(60(45)110-71-61(58(92)57(91)46(26-84)107-71)109-49-25-73(6,76)63(94)29(4)104-49)105-35-12-8-30(9-13-35)59(108-48-24-72(5,75)62(93)28(3)103-48)55-69(100)81-53(70(101)102)37-21-34(85)22-42(87)50(37)36-17-31(10-14-41(36)86)51(66(97)83-55)80-67(98)52(33)79-65(96)40(23-47(88)89)78-68(54)99/h8-15,17-22,27-29,39-40,46,48-49,51-59,61-63,71,77,84-87,90-94H,16,23-26,75-76H2,1-7H3,(H,78,99)(H,79,96)(H,80,98)(H,81,100)(H,82,95)(H,83,97)(H,88,89)(H,101,102)/t28-,29-,39+,40-,46+,48-,49-,51+,52+,53-,54+,55-,56+,57+,58-,59+,61+,62-,63-,71-,72-,73-/m0/s1. The predicted molar refractivity (Wildman–Crippen MR) is 379 cm³/mol. The maximum atomic E-state index is 16.3. The third kappa shape index (κ3) is 17.3. The van der Waals surface area contributed by atoms with Crippen LogP contribution in [0.3, 0.4) is 0 Å². The molecule has 22 N–H and O–H groups in total. The topological polar surface area (TPSA) is 569 Å². The first-order valence-electron chi connectivity index (χ1n) is 35.1. The molecule has 22 atom stereocenters. The van der Waals surface area contributed by atoms with Crippen LogP contribution in [0.1, 0.15) is 125 Å². The monoisotopic (exact) mass is 1560 g/mol. The Bertz CT molecular complexity index is 4340. The van der Waals surface area contributed by atoms with Crippen LogP contribution in [0, 0.1) is 5.92 Å². The average molecular weight is 1560 g/mol. The van der Waals surface area contributed by atoms with Crippen LogP contribution in [0.2, 0.25) is 5.02 Å². The average Bonchev–Trinajstić information content (AvgIpc) is 0.765. The smallest absolute Gasteiger partial charge is 0.330 e. The molecular weight excluding hydrogens is 1470 g/mol. The first kappa shape index (κ1) is 81.4. The van der Waals surface area contributed by atoms with Crippen LogP contribution in [-0.2, 0) is 62.0 Å². The van der Waals surface area contributed by atoms with E-state index in [1.165, 1.54) is 71.1 Å². The second-order valence-electron chi connectivity index (χ2n) is 29.1. The zero-order valence-electron chi connectivity index (χ0n) is 60.2. The highest BCUT2D eigenvalue weighted by molar-refractivity contribution is 6.32. The molecular formula is C73H88ClN9O27. The van der Waals surface area contributed by atoms with Crippen molar-refractivity contribution in [1.82, 2.24) is 37.2 Å². The minimum Gasteiger partial charge on any atom is -0.508 e. The maximum absolute atomic E-state index is 16.3. The Morgan fingerprint density at radius 1 is 0.664 bits per heavy atom. The lowest BCUT2D eigenvalue weighted by Crippen LogP contribution is -2.64. The third-order valence-corrected chi connectivity index (χ3v) is 20.3. The number of rotatable bonds is 15. The van der Waals surface area contributed by atoms with Crippen molar-refractivity contribution in [3.05, 3.63) is 118 Å². The Labute approximate surface area is 632 Å². The van der Waals surface area contributed by atoms with Crippen molar-refractivity contribution in [2.24, 2.45) is 17.4 Å². The molecule has 0 spiro atoms. The lowest BCUT2D eigenvalue weighted by molar-refractivity contribution is -0.333. The van der Waals surface area contributed by atoms with E-state index in [-0.39, 0.29) is 58.4 Å². The molecule has 3 saturated heterocycles. The van der Waals surface area contributed by atoms with Crippen LogP contribution in [0.25, 0.3) is 11.1 Å². The van der Waals surface area contributed by atoms with Crippen LogP contribution in [0.4, 0.5) is 0 Å². The van der Waals surface area contributed by atoms with E-state index in [1.807, 2.05) is 13.8 Å². The summed E-state index contributed by atoms with van der Waals surface area (Å²) in [6.45, 7) is 8.60. The minimum atomic E-state index is -2.38. The summed E-state index contributed by atoms with van der Waals surface area (Å²) in [5, 5.41) is 142. The van der Waals surface area contributed by atoms with E-state index in [1.54, 1.807) is 0 Å². The van der Waals surface area contributed by atoms with E-state index in [0.29, 0.717) is 0 Å². The number of carboxylic acids is 2. The van der Waals surface area contributed by atoms with Crippen molar-refractivity contribution in [2.45, 2.75) is 201 Å². The SMILES string of the molecule is CN[C@H](CC(C)C)C(=O)N[C@H]1C(=O)N[C@@H](CC(=O)O)C(=O)N[C@H]2C(=O)N[C@H]3C(=O)N[C@H](C(=O)N[C@H](C(=O)O)c4cc(O)cc(O)c4-c4cc3ccc4O)[C@H](O[C@H]3C[C@](C)(N)[C@@H](O)[C@H](C)O3)c3ccc(cc3)Oc3cc2cc(c3O[C@@H]2O[C@H](CO)[C@@H](O)[C@H](O)[C@H]2O[C@H]2C[C@](C)(N)[C@@H](O)[C@H](C)O2)Oc2ccc(cc2Cl)[C@H]1O. The Hall–Kier alpha value is -9.61. The van der Waals surface area contributed by atoms with Gasteiger partial charge in [-0.1, -0.05) is 49.7 Å². The van der Waals surface area contributed by atoms with Crippen molar-refractivity contribution in [1.29, 1.82) is 0 Å². The molecule has 0 saturated carbocycles. The van der Waals surface area contributed by atoms with Gasteiger partial charge in [-0.25, -0.2) is 4.79 Å². The molecule has 110 heavy (non-hydrogen) atoms. The maximum Gasteiger partial charge on any atom is 0.330 e. The number of halogens is 1. The first-order valence-corrected chi connectivity index (χ1v) is 35.5. The number of aliphatic carboxylic acids is 2. The van der Waals surface area contributed by atoms with Gasteiger partial charge in [-0.2, -0.15) is 0 Å². The van der Waals surface area contributed by atoms with Crippen molar-refractivity contribution < 1.29 is 132 Å². The molecule has 11 bridgehead atoms. The third-order valence-electron chi connectivity index (χ3n) is 20.0. The number of nitrogens with two attached hydrogens (primary N) is 2. The zero-order chi connectivity index (χ0) is 80.0. The van der Waals surface area contributed by atoms with Gasteiger partial charge >= 0.3 is 11.9 Å². The number of fused-ring (bicyclic) bond motifs is 15. The Morgan fingerprint density at radius 3 is 1.86 bits per heavy atom. The second-order valence-corrected chi connectivity index (χ2v) is 29.5. The van der Waals surface area contributed by atoms with E-state index in [0.717, 1.165) is 48.5 Å². The number of likely N-dealkylation sites (N-methyl/N-ethyl adjacent to an activating group) is 1. The second kappa shape index (κ2) is 32.8. The summed E-state index contributed by atoms with van der Waals surface area (Å²) in [6, 6.07) is 1.04. The number of benzene rings is 5. The van der Waals surface area contributed by atoms with E-state index < -0.39 is 250 Å².